The number of nitrogens with one attached hydrogen (secondary N) is 1. The molecule has 31 heavy (non-hydrogen) atoms. The molecule has 0 bridgehead atoms. The molecule has 0 radical (unpaired) electrons. The van der Waals surface area contributed by atoms with Crippen LogP contribution in [0.1, 0.15) is 21.5 Å². The van der Waals surface area contributed by atoms with Crippen molar-refractivity contribution in [3.63, 3.8) is 0 Å². The van der Waals surface area contributed by atoms with E-state index in [1.165, 1.54) is 6.07 Å². The Bertz CT molecular complexity index is 1340. The molecular formula is C22H13F5N2O2. The molecule has 4 aromatic rings. The maximum absolute atomic E-state index is 13.9. The summed E-state index contributed by atoms with van der Waals surface area (Å²) in [6.07, 6.45) is 0. The smallest absolute Gasteiger partial charge is 0.261 e. The molecule has 3 aromatic carbocycles. The third-order valence-corrected chi connectivity index (χ3v) is 4.71. The topological polar surface area (TPSA) is 55.1 Å². The van der Waals surface area contributed by atoms with Gasteiger partial charge in [-0.25, -0.2) is 26.9 Å². The molecule has 4 nitrogen and oxygen atoms in total. The predicted octanol–water partition coefficient (Wildman–Crippen LogP) is 6.06. The number of oxazole rings is 1. The molecule has 0 spiro atoms. The van der Waals surface area contributed by atoms with Crippen LogP contribution in [0.4, 0.5) is 27.6 Å². The zero-order valence-corrected chi connectivity index (χ0v) is 16.1. The van der Waals surface area contributed by atoms with Gasteiger partial charge >= 0.3 is 0 Å². The molecule has 0 saturated heterocycles. The lowest BCUT2D eigenvalue weighted by atomic mass is 10.1. The van der Waals surface area contributed by atoms with Gasteiger partial charge in [-0.05, 0) is 49.2 Å². The van der Waals surface area contributed by atoms with E-state index in [0.29, 0.717) is 22.2 Å². The van der Waals surface area contributed by atoms with Gasteiger partial charge in [0.05, 0.1) is 0 Å². The molecule has 158 valence electrons. The highest BCUT2D eigenvalue weighted by molar-refractivity contribution is 6.05. The largest absolute Gasteiger partial charge is 0.436 e. The number of carbonyl (C=O) groups is 1. The molecule has 0 unspecified atom stereocenters. The van der Waals surface area contributed by atoms with Crippen LogP contribution in [0.5, 0.6) is 0 Å². The van der Waals surface area contributed by atoms with E-state index in [1.807, 2.05) is 19.1 Å². The SMILES string of the molecule is Cc1ccc2oc(-c3ccc(C)c(NC(=O)c4c(F)c(F)c(F)c(F)c4F)c3)nc2c1. The van der Waals surface area contributed by atoms with Crippen LogP contribution in [-0.2, 0) is 0 Å². The van der Waals surface area contributed by atoms with Crippen LogP contribution in [0.3, 0.4) is 0 Å². The van der Waals surface area contributed by atoms with Gasteiger partial charge in [0, 0.05) is 11.3 Å². The minimum Gasteiger partial charge on any atom is -0.436 e. The summed E-state index contributed by atoms with van der Waals surface area (Å²) in [5.74, 6) is -12.4. The lowest BCUT2D eigenvalue weighted by molar-refractivity contribution is 0.101. The summed E-state index contributed by atoms with van der Waals surface area (Å²) < 4.78 is 73.7. The van der Waals surface area contributed by atoms with Crippen LogP contribution in [0.25, 0.3) is 22.6 Å². The Morgan fingerprint density at radius 2 is 1.52 bits per heavy atom. The molecule has 9 heteroatoms. The van der Waals surface area contributed by atoms with Crippen LogP contribution >= 0.6 is 0 Å². The number of hydrogen-bond acceptors (Lipinski definition) is 3. The van der Waals surface area contributed by atoms with Crippen LogP contribution in [-0.4, -0.2) is 10.9 Å². The molecule has 1 amide bonds. The van der Waals surface area contributed by atoms with Crippen LogP contribution in [0.15, 0.2) is 40.8 Å². The van der Waals surface area contributed by atoms with Gasteiger partial charge in [-0.2, -0.15) is 0 Å². The molecule has 0 aliphatic heterocycles. The maximum atomic E-state index is 13.9. The number of amides is 1. The standard InChI is InChI=1S/C22H13F5N2O2/c1-9-3-6-14-13(7-9)29-22(31-14)11-5-4-10(2)12(8-11)28-21(30)15-16(23)18(25)20(27)19(26)17(15)24/h3-8H,1-2H3,(H,28,30). The van der Waals surface area contributed by atoms with E-state index in [1.54, 1.807) is 25.1 Å². The van der Waals surface area contributed by atoms with Crippen molar-refractivity contribution in [3.8, 4) is 11.5 Å². The first-order valence-corrected chi connectivity index (χ1v) is 8.98. The van der Waals surface area contributed by atoms with Crippen LogP contribution in [0.2, 0.25) is 0 Å². The maximum Gasteiger partial charge on any atom is 0.261 e. The normalized spacial score (nSPS) is 11.2. The van der Waals surface area contributed by atoms with Gasteiger partial charge in [0.25, 0.3) is 5.91 Å². The summed E-state index contributed by atoms with van der Waals surface area (Å²) in [5.41, 5.74) is 1.56. The van der Waals surface area contributed by atoms with Crippen molar-refractivity contribution < 1.29 is 31.2 Å². The number of aryl methyl sites for hydroxylation is 2. The highest BCUT2D eigenvalue weighted by Gasteiger charge is 2.30. The van der Waals surface area contributed by atoms with E-state index in [9.17, 15) is 26.7 Å². The minimum atomic E-state index is -2.34. The van der Waals surface area contributed by atoms with Crippen LogP contribution in [0, 0.1) is 42.9 Å². The van der Waals surface area contributed by atoms with Crippen molar-refractivity contribution in [2.24, 2.45) is 0 Å². The van der Waals surface area contributed by atoms with Crippen molar-refractivity contribution in [2.75, 3.05) is 5.32 Å². The fourth-order valence-electron chi connectivity index (χ4n) is 3.04. The number of fused-ring (bicyclic) bond motifs is 1. The average Bonchev–Trinajstić information content (AvgIpc) is 3.15. The van der Waals surface area contributed by atoms with E-state index in [4.69, 9.17) is 4.42 Å². The fraction of sp³-hybridized carbons (Fsp3) is 0.0909. The molecule has 1 aromatic heterocycles. The predicted molar refractivity (Wildman–Crippen MR) is 103 cm³/mol. The number of aromatic nitrogens is 1. The second kappa shape index (κ2) is 7.50. The van der Waals surface area contributed by atoms with Gasteiger partial charge in [0.2, 0.25) is 11.7 Å². The molecule has 1 heterocycles. The first-order chi connectivity index (χ1) is 14.7. The lowest BCUT2D eigenvalue weighted by Gasteiger charge is -2.12. The molecule has 0 aliphatic rings. The molecule has 0 saturated carbocycles. The molecule has 4 rings (SSSR count). The zero-order chi connectivity index (χ0) is 22.4. The lowest BCUT2D eigenvalue weighted by Crippen LogP contribution is -2.19. The molecule has 0 aliphatic carbocycles. The minimum absolute atomic E-state index is 0.0879. The first kappa shape index (κ1) is 20.5. The zero-order valence-electron chi connectivity index (χ0n) is 16.1. The van der Waals surface area contributed by atoms with Crippen molar-refractivity contribution in [2.45, 2.75) is 13.8 Å². The Labute approximate surface area is 172 Å². The number of carbonyl (C=O) groups excluding carboxylic acids is 1. The number of hydrogen-bond donors (Lipinski definition) is 1. The van der Waals surface area contributed by atoms with E-state index in [-0.39, 0.29) is 11.6 Å². The van der Waals surface area contributed by atoms with Crippen molar-refractivity contribution in [1.29, 1.82) is 0 Å². The summed E-state index contributed by atoms with van der Waals surface area (Å²) in [5, 5.41) is 2.19. The third-order valence-electron chi connectivity index (χ3n) is 4.71. The second-order valence-corrected chi connectivity index (χ2v) is 6.92. The molecule has 0 atom stereocenters. The Hall–Kier alpha value is -3.75. The van der Waals surface area contributed by atoms with Crippen molar-refractivity contribution >= 4 is 22.7 Å². The van der Waals surface area contributed by atoms with Crippen molar-refractivity contribution in [1.82, 2.24) is 4.98 Å². The van der Waals surface area contributed by atoms with E-state index < -0.39 is 40.6 Å². The monoisotopic (exact) mass is 432 g/mol. The molecule has 1 N–H and O–H groups in total. The summed E-state index contributed by atoms with van der Waals surface area (Å²) in [6, 6.07) is 10.1. The summed E-state index contributed by atoms with van der Waals surface area (Å²) in [7, 11) is 0. The molecule has 0 fully saturated rings. The third kappa shape index (κ3) is 3.52. The number of halogens is 5. The quantitative estimate of drug-likeness (QED) is 0.243. The van der Waals surface area contributed by atoms with E-state index in [0.717, 1.165) is 5.56 Å². The number of rotatable bonds is 3. The summed E-state index contributed by atoms with van der Waals surface area (Å²) in [6.45, 7) is 3.49. The van der Waals surface area contributed by atoms with Gasteiger partial charge < -0.3 is 9.73 Å². The Balaban J connectivity index is 1.72. The number of nitrogens with zero attached hydrogens (tertiary/aromatic N) is 1. The van der Waals surface area contributed by atoms with Crippen LogP contribution < -0.4 is 5.32 Å². The Morgan fingerprint density at radius 1 is 0.871 bits per heavy atom. The van der Waals surface area contributed by atoms with E-state index in [2.05, 4.69) is 10.3 Å². The Morgan fingerprint density at radius 3 is 2.19 bits per heavy atom. The first-order valence-electron chi connectivity index (χ1n) is 8.98. The highest BCUT2D eigenvalue weighted by atomic mass is 19.2. The fourth-order valence-corrected chi connectivity index (χ4v) is 3.04. The van der Waals surface area contributed by atoms with Crippen molar-refractivity contribution in [3.05, 3.63) is 82.2 Å². The van der Waals surface area contributed by atoms with Gasteiger partial charge in [0.15, 0.2) is 28.9 Å². The van der Waals surface area contributed by atoms with Gasteiger partial charge in [-0.15, -0.1) is 0 Å². The second-order valence-electron chi connectivity index (χ2n) is 6.92. The highest BCUT2D eigenvalue weighted by Crippen LogP contribution is 2.29. The van der Waals surface area contributed by atoms with Gasteiger partial charge in [-0.1, -0.05) is 12.1 Å². The van der Waals surface area contributed by atoms with E-state index >= 15 is 0 Å². The summed E-state index contributed by atoms with van der Waals surface area (Å²) in [4.78, 5) is 16.7. The van der Waals surface area contributed by atoms with Gasteiger partial charge in [0.1, 0.15) is 11.1 Å². The average molecular weight is 432 g/mol. The van der Waals surface area contributed by atoms with Gasteiger partial charge in [-0.3, -0.25) is 4.79 Å². The molecular weight excluding hydrogens is 419 g/mol. The Kier molecular flexibility index (Phi) is 4.96. The summed E-state index contributed by atoms with van der Waals surface area (Å²) >= 11 is 0. The number of benzene rings is 3. The number of anilines is 1.